The summed E-state index contributed by atoms with van der Waals surface area (Å²) < 4.78 is 0. The fourth-order valence-electron chi connectivity index (χ4n) is 1.33. The van der Waals surface area contributed by atoms with Crippen LogP contribution in [0.3, 0.4) is 0 Å². The molecule has 2 amide bonds. The molecule has 0 saturated carbocycles. The van der Waals surface area contributed by atoms with E-state index in [0.29, 0.717) is 5.02 Å². The zero-order chi connectivity index (χ0) is 13.0. The third kappa shape index (κ3) is 2.92. The van der Waals surface area contributed by atoms with Crippen LogP contribution in [0.15, 0.2) is 34.5 Å². The average molecular weight is 265 g/mol. The van der Waals surface area contributed by atoms with E-state index in [4.69, 9.17) is 11.6 Å². The summed E-state index contributed by atoms with van der Waals surface area (Å²) in [4.78, 5) is 22.6. The highest BCUT2D eigenvalue weighted by Gasteiger charge is 2.28. The molecule has 92 valence electrons. The van der Waals surface area contributed by atoms with Crippen LogP contribution in [0.4, 0.5) is 0 Å². The van der Waals surface area contributed by atoms with Gasteiger partial charge in [-0.1, -0.05) is 23.7 Å². The standard InChI is InChI=1S/C11H9ClN4O2/c12-8-3-1-2-7(4-8)5-13-15-10(17)9-6-14-16-11(9)18/h1-6,9H,(H,15,17)(H,16,18)/b13-5-/t9-/m1/s1. The molecule has 1 aromatic carbocycles. The minimum Gasteiger partial charge on any atom is -0.272 e. The fraction of sp³-hybridized carbons (Fsp3) is 0.0909. The van der Waals surface area contributed by atoms with Crippen molar-refractivity contribution in [1.29, 1.82) is 0 Å². The van der Waals surface area contributed by atoms with Crippen LogP contribution in [0.5, 0.6) is 0 Å². The van der Waals surface area contributed by atoms with Gasteiger partial charge in [0.25, 0.3) is 11.8 Å². The molecule has 1 aliphatic rings. The zero-order valence-electron chi connectivity index (χ0n) is 9.13. The summed E-state index contributed by atoms with van der Waals surface area (Å²) in [6.07, 6.45) is 2.67. The van der Waals surface area contributed by atoms with E-state index >= 15 is 0 Å². The number of nitrogens with zero attached hydrogens (tertiary/aromatic N) is 2. The van der Waals surface area contributed by atoms with Gasteiger partial charge in [-0.2, -0.15) is 10.2 Å². The largest absolute Gasteiger partial charge is 0.272 e. The Labute approximate surface area is 108 Å². The van der Waals surface area contributed by atoms with Gasteiger partial charge in [0.1, 0.15) is 0 Å². The Morgan fingerprint density at radius 3 is 3.06 bits per heavy atom. The third-order valence-corrected chi connectivity index (χ3v) is 2.44. The van der Waals surface area contributed by atoms with Gasteiger partial charge in [-0.25, -0.2) is 10.9 Å². The predicted octanol–water partition coefficient (Wildman–Crippen LogP) is 0.522. The molecule has 18 heavy (non-hydrogen) atoms. The Balaban J connectivity index is 1.93. The van der Waals surface area contributed by atoms with Gasteiger partial charge >= 0.3 is 0 Å². The second-order valence-corrected chi connectivity index (χ2v) is 3.96. The molecule has 1 heterocycles. The van der Waals surface area contributed by atoms with Gasteiger partial charge in [-0.3, -0.25) is 9.59 Å². The van der Waals surface area contributed by atoms with E-state index in [2.05, 4.69) is 21.1 Å². The molecular formula is C11H9ClN4O2. The lowest BCUT2D eigenvalue weighted by molar-refractivity contribution is -0.131. The number of carbonyl (C=O) groups is 2. The molecule has 2 N–H and O–H groups in total. The maximum absolute atomic E-state index is 11.5. The van der Waals surface area contributed by atoms with Gasteiger partial charge in [-0.15, -0.1) is 0 Å². The molecule has 7 heteroatoms. The average Bonchev–Trinajstić information content (AvgIpc) is 2.75. The molecule has 1 aliphatic heterocycles. The second-order valence-electron chi connectivity index (χ2n) is 3.52. The monoisotopic (exact) mass is 264 g/mol. The number of carbonyl (C=O) groups excluding carboxylic acids is 2. The van der Waals surface area contributed by atoms with Gasteiger partial charge < -0.3 is 0 Å². The van der Waals surface area contributed by atoms with Crippen molar-refractivity contribution in [2.45, 2.75) is 0 Å². The Hall–Kier alpha value is -2.21. The quantitative estimate of drug-likeness (QED) is 0.474. The van der Waals surface area contributed by atoms with Crippen LogP contribution in [-0.4, -0.2) is 24.2 Å². The normalized spacial score (nSPS) is 18.1. The van der Waals surface area contributed by atoms with Crippen molar-refractivity contribution in [2.24, 2.45) is 16.1 Å². The van der Waals surface area contributed by atoms with E-state index in [0.717, 1.165) is 5.56 Å². The minimum absolute atomic E-state index is 0.467. The highest BCUT2D eigenvalue weighted by atomic mass is 35.5. The van der Waals surface area contributed by atoms with Crippen LogP contribution in [0, 0.1) is 5.92 Å². The summed E-state index contributed by atoms with van der Waals surface area (Å²) in [5.74, 6) is -1.93. The van der Waals surface area contributed by atoms with Crippen molar-refractivity contribution in [2.75, 3.05) is 0 Å². The van der Waals surface area contributed by atoms with Crippen molar-refractivity contribution >= 4 is 35.8 Å². The van der Waals surface area contributed by atoms with Crippen molar-refractivity contribution in [1.82, 2.24) is 10.9 Å². The first-order valence-corrected chi connectivity index (χ1v) is 5.46. The van der Waals surface area contributed by atoms with Crippen LogP contribution < -0.4 is 10.9 Å². The molecule has 0 saturated heterocycles. The van der Waals surface area contributed by atoms with Crippen LogP contribution >= 0.6 is 11.6 Å². The minimum atomic E-state index is -0.929. The highest BCUT2D eigenvalue weighted by molar-refractivity contribution is 6.30. The molecule has 1 aromatic rings. The molecule has 0 aliphatic carbocycles. The first-order valence-electron chi connectivity index (χ1n) is 5.08. The zero-order valence-corrected chi connectivity index (χ0v) is 9.89. The van der Waals surface area contributed by atoms with Gasteiger partial charge in [-0.05, 0) is 17.7 Å². The van der Waals surface area contributed by atoms with Crippen LogP contribution in [0.1, 0.15) is 5.56 Å². The Morgan fingerprint density at radius 1 is 1.56 bits per heavy atom. The van der Waals surface area contributed by atoms with E-state index < -0.39 is 17.7 Å². The Bertz CT molecular complexity index is 542. The molecule has 2 rings (SSSR count). The Morgan fingerprint density at radius 2 is 2.39 bits per heavy atom. The number of hydrogen-bond acceptors (Lipinski definition) is 4. The first-order chi connectivity index (χ1) is 8.66. The fourth-order valence-corrected chi connectivity index (χ4v) is 1.53. The lowest BCUT2D eigenvalue weighted by atomic mass is 10.1. The van der Waals surface area contributed by atoms with E-state index in [9.17, 15) is 9.59 Å². The van der Waals surface area contributed by atoms with Gasteiger partial charge in [0.15, 0.2) is 5.92 Å². The molecule has 0 aromatic heterocycles. The number of nitrogens with one attached hydrogen (secondary N) is 2. The number of benzene rings is 1. The van der Waals surface area contributed by atoms with E-state index in [1.165, 1.54) is 12.4 Å². The van der Waals surface area contributed by atoms with Crippen molar-refractivity contribution in [3.05, 3.63) is 34.9 Å². The predicted molar refractivity (Wildman–Crippen MR) is 67.3 cm³/mol. The molecule has 0 fully saturated rings. The molecular weight excluding hydrogens is 256 g/mol. The number of hydrogen-bond donors (Lipinski definition) is 2. The SMILES string of the molecule is O=C1NN=C[C@@H]1C(=O)N/N=C\c1cccc(Cl)c1. The van der Waals surface area contributed by atoms with Crippen LogP contribution in [0.25, 0.3) is 0 Å². The molecule has 0 unspecified atom stereocenters. The van der Waals surface area contributed by atoms with Crippen LogP contribution in [0.2, 0.25) is 5.02 Å². The van der Waals surface area contributed by atoms with Crippen molar-refractivity contribution in [3.8, 4) is 0 Å². The first kappa shape index (κ1) is 12.3. The smallest absolute Gasteiger partial charge is 0.258 e. The number of rotatable bonds is 3. The van der Waals surface area contributed by atoms with E-state index in [1.54, 1.807) is 24.3 Å². The molecule has 1 atom stereocenters. The molecule has 6 nitrogen and oxygen atoms in total. The summed E-state index contributed by atoms with van der Waals surface area (Å²) >= 11 is 5.79. The van der Waals surface area contributed by atoms with Gasteiger partial charge in [0.2, 0.25) is 0 Å². The number of halogens is 1. The lowest BCUT2D eigenvalue weighted by Crippen LogP contribution is -2.34. The van der Waals surface area contributed by atoms with Crippen molar-refractivity contribution in [3.63, 3.8) is 0 Å². The topological polar surface area (TPSA) is 82.9 Å². The summed E-state index contributed by atoms with van der Waals surface area (Å²) in [5, 5.41) is 7.80. The molecule has 0 bridgehead atoms. The highest BCUT2D eigenvalue weighted by Crippen LogP contribution is 2.08. The molecule has 0 spiro atoms. The maximum atomic E-state index is 11.5. The summed E-state index contributed by atoms with van der Waals surface area (Å²) in [7, 11) is 0. The Kier molecular flexibility index (Phi) is 3.69. The van der Waals surface area contributed by atoms with Gasteiger partial charge in [0.05, 0.1) is 6.21 Å². The summed E-state index contributed by atoms with van der Waals surface area (Å²) in [6, 6.07) is 6.98. The second kappa shape index (κ2) is 5.42. The van der Waals surface area contributed by atoms with Gasteiger partial charge in [0, 0.05) is 11.2 Å². The summed E-state index contributed by atoms with van der Waals surface area (Å²) in [5.41, 5.74) is 5.17. The number of amides is 2. The molecule has 0 radical (unpaired) electrons. The lowest BCUT2D eigenvalue weighted by Gasteiger charge is -2.01. The summed E-state index contributed by atoms with van der Waals surface area (Å²) in [6.45, 7) is 0. The maximum Gasteiger partial charge on any atom is 0.258 e. The van der Waals surface area contributed by atoms with Crippen molar-refractivity contribution < 1.29 is 9.59 Å². The van der Waals surface area contributed by atoms with E-state index in [-0.39, 0.29) is 0 Å². The number of hydrazone groups is 2. The third-order valence-electron chi connectivity index (χ3n) is 2.20. The van der Waals surface area contributed by atoms with Crippen LogP contribution in [-0.2, 0) is 9.59 Å². The van der Waals surface area contributed by atoms with E-state index in [1.807, 2.05) is 0 Å².